The molecule has 2 fully saturated rings. The molecule has 4 rings (SSSR count). The van der Waals surface area contributed by atoms with Crippen molar-refractivity contribution in [3.8, 4) is 0 Å². The molecule has 4 aliphatic rings. The van der Waals surface area contributed by atoms with Crippen molar-refractivity contribution in [3.63, 3.8) is 0 Å². The molecule has 2 saturated carbocycles. The summed E-state index contributed by atoms with van der Waals surface area (Å²) in [6, 6.07) is 0.0654. The smallest absolute Gasteiger partial charge is 0.219 e. The van der Waals surface area contributed by atoms with E-state index >= 15 is 0 Å². The topological polar surface area (TPSA) is 63.4 Å². The predicted molar refractivity (Wildman–Crippen MR) is 120 cm³/mol. The van der Waals surface area contributed by atoms with Gasteiger partial charge in [0.1, 0.15) is 0 Å². The first-order chi connectivity index (χ1) is 14.1. The van der Waals surface area contributed by atoms with Crippen LogP contribution in [-0.2, 0) is 9.59 Å². The second kappa shape index (κ2) is 7.53. The van der Waals surface area contributed by atoms with E-state index in [1.165, 1.54) is 37.7 Å². The molecule has 2 N–H and O–H groups in total. The molecule has 6 atom stereocenters. The maximum atomic E-state index is 13.3. The highest BCUT2D eigenvalue weighted by Gasteiger charge is 2.56. The molecule has 0 heterocycles. The van der Waals surface area contributed by atoms with Crippen LogP contribution >= 0.6 is 0 Å². The molecular formula is C26H40N2O2. The lowest BCUT2D eigenvalue weighted by Crippen LogP contribution is -2.51. The number of hydrogen-bond donors (Lipinski definition) is 1. The number of rotatable bonds is 5. The van der Waals surface area contributed by atoms with Crippen molar-refractivity contribution in [3.05, 3.63) is 23.4 Å². The third kappa shape index (κ3) is 3.26. The molecule has 166 valence electrons. The molecule has 1 amide bonds. The molecule has 4 nitrogen and oxygen atoms in total. The van der Waals surface area contributed by atoms with Crippen molar-refractivity contribution < 1.29 is 9.59 Å². The van der Waals surface area contributed by atoms with Crippen molar-refractivity contribution >= 4 is 11.7 Å². The highest BCUT2D eigenvalue weighted by atomic mass is 16.1. The van der Waals surface area contributed by atoms with Gasteiger partial charge in [-0.25, -0.2) is 0 Å². The summed E-state index contributed by atoms with van der Waals surface area (Å²) in [7, 11) is 0. The Morgan fingerprint density at radius 2 is 1.90 bits per heavy atom. The minimum Gasteiger partial charge on any atom is -0.370 e. The molecular weight excluding hydrogens is 372 g/mol. The van der Waals surface area contributed by atoms with Gasteiger partial charge in [-0.3, -0.25) is 9.59 Å². The summed E-state index contributed by atoms with van der Waals surface area (Å²) in [5, 5.41) is 0. The molecule has 0 aromatic rings. The number of hydrogen-bond acceptors (Lipinski definition) is 3. The van der Waals surface area contributed by atoms with Crippen molar-refractivity contribution in [2.45, 2.75) is 98.1 Å². The number of nitrogens with two attached hydrogens (primary N) is 1. The van der Waals surface area contributed by atoms with Crippen LogP contribution < -0.4 is 5.73 Å². The van der Waals surface area contributed by atoms with Gasteiger partial charge in [-0.15, -0.1) is 0 Å². The number of ketones is 1. The van der Waals surface area contributed by atoms with Crippen LogP contribution in [-0.4, -0.2) is 28.7 Å². The highest BCUT2D eigenvalue weighted by Crippen LogP contribution is 2.64. The van der Waals surface area contributed by atoms with Crippen LogP contribution in [0.1, 0.15) is 86.0 Å². The molecule has 4 aliphatic carbocycles. The Labute approximate surface area is 182 Å². The van der Waals surface area contributed by atoms with Crippen LogP contribution in [0.4, 0.5) is 0 Å². The molecule has 4 heteroatoms. The van der Waals surface area contributed by atoms with Gasteiger partial charge in [-0.2, -0.15) is 0 Å². The zero-order valence-corrected chi connectivity index (χ0v) is 19.5. The summed E-state index contributed by atoms with van der Waals surface area (Å²) in [5.41, 5.74) is 8.17. The summed E-state index contributed by atoms with van der Waals surface area (Å²) in [6.45, 7) is 11.2. The number of allylic oxidation sites excluding steroid dienone is 4. The number of carbonyl (C=O) groups excluding carboxylic acids is 2. The fraction of sp³-hybridized carbons (Fsp3) is 0.769. The number of amides is 1. The summed E-state index contributed by atoms with van der Waals surface area (Å²) < 4.78 is 0. The van der Waals surface area contributed by atoms with Crippen molar-refractivity contribution in [1.82, 2.24) is 4.90 Å². The Kier molecular flexibility index (Phi) is 5.43. The number of Topliss-reactive ketones (excluding diaryl/α,β-unsaturated/α-hetero) is 1. The SMILES string of the molecule is CC(C)N(C1=C2C=C[C@H]3[C@@H]4CCC[C@@]4(C)CC[C@@H]3[C@@]2(C)CCC1=O)C(C)CC(N)=O. The van der Waals surface area contributed by atoms with Gasteiger partial charge in [0, 0.05) is 24.9 Å². The molecule has 0 aromatic heterocycles. The molecule has 0 bridgehead atoms. The quantitative estimate of drug-likeness (QED) is 0.692. The van der Waals surface area contributed by atoms with Gasteiger partial charge >= 0.3 is 0 Å². The molecule has 1 unspecified atom stereocenters. The first-order valence-electron chi connectivity index (χ1n) is 12.1. The van der Waals surface area contributed by atoms with Gasteiger partial charge in [0.25, 0.3) is 0 Å². The van der Waals surface area contributed by atoms with Crippen LogP contribution in [0.3, 0.4) is 0 Å². The zero-order valence-electron chi connectivity index (χ0n) is 19.5. The summed E-state index contributed by atoms with van der Waals surface area (Å²) in [6.07, 6.45) is 13.3. The van der Waals surface area contributed by atoms with Crippen LogP contribution in [0.25, 0.3) is 0 Å². The van der Waals surface area contributed by atoms with Gasteiger partial charge < -0.3 is 10.6 Å². The van der Waals surface area contributed by atoms with Crippen molar-refractivity contribution in [2.24, 2.45) is 34.3 Å². The van der Waals surface area contributed by atoms with E-state index in [9.17, 15) is 9.59 Å². The summed E-state index contributed by atoms with van der Waals surface area (Å²) in [5.74, 6) is 1.98. The average Bonchev–Trinajstić information content (AvgIpc) is 3.05. The monoisotopic (exact) mass is 412 g/mol. The molecule has 30 heavy (non-hydrogen) atoms. The minimum absolute atomic E-state index is 0.0478. The van der Waals surface area contributed by atoms with E-state index in [1.807, 2.05) is 6.92 Å². The zero-order chi connectivity index (χ0) is 21.8. The van der Waals surface area contributed by atoms with Crippen molar-refractivity contribution in [1.29, 1.82) is 0 Å². The maximum absolute atomic E-state index is 13.3. The lowest BCUT2D eigenvalue weighted by molar-refractivity contribution is -0.122. The van der Waals surface area contributed by atoms with Gasteiger partial charge in [0.05, 0.1) is 5.70 Å². The minimum atomic E-state index is -0.309. The molecule has 0 aliphatic heterocycles. The van der Waals surface area contributed by atoms with Gasteiger partial charge in [-0.05, 0) is 87.0 Å². The first-order valence-corrected chi connectivity index (χ1v) is 12.1. The van der Waals surface area contributed by atoms with Gasteiger partial charge in [-0.1, -0.05) is 32.4 Å². The van der Waals surface area contributed by atoms with E-state index in [2.05, 4.69) is 44.7 Å². The van der Waals surface area contributed by atoms with E-state index < -0.39 is 0 Å². The Morgan fingerprint density at radius 1 is 1.17 bits per heavy atom. The van der Waals surface area contributed by atoms with Gasteiger partial charge in [0.15, 0.2) is 5.78 Å². The third-order valence-electron chi connectivity index (χ3n) is 9.21. The van der Waals surface area contributed by atoms with Crippen LogP contribution in [0.5, 0.6) is 0 Å². The van der Waals surface area contributed by atoms with Gasteiger partial charge in [0.2, 0.25) is 5.91 Å². The lowest BCUT2D eigenvalue weighted by Gasteiger charge is -2.56. The second-order valence-corrected chi connectivity index (χ2v) is 11.4. The number of nitrogens with zero attached hydrogens (tertiary/aromatic N) is 1. The number of carbonyl (C=O) groups is 2. The summed E-state index contributed by atoms with van der Waals surface area (Å²) in [4.78, 5) is 27.1. The van der Waals surface area contributed by atoms with E-state index in [1.54, 1.807) is 0 Å². The fourth-order valence-corrected chi connectivity index (χ4v) is 7.77. The molecule has 0 aromatic carbocycles. The summed E-state index contributed by atoms with van der Waals surface area (Å²) >= 11 is 0. The average molecular weight is 413 g/mol. The van der Waals surface area contributed by atoms with Crippen LogP contribution in [0.2, 0.25) is 0 Å². The standard InChI is InChI=1S/C26H40N2O2/c1-16(2)28(17(3)15-23(27)30)24-21-9-8-18-19-7-6-12-25(19,4)13-10-20(18)26(21,5)14-11-22(24)29/h8-9,16-20H,6-7,10-15H2,1-5H3,(H2,27,30)/t17?,18-,19-,20-,25-,26+/m0/s1. The Hall–Kier alpha value is -1.58. The highest BCUT2D eigenvalue weighted by molar-refractivity contribution is 5.97. The van der Waals surface area contributed by atoms with E-state index in [4.69, 9.17) is 5.73 Å². The normalized spacial score (nSPS) is 38.9. The van der Waals surface area contributed by atoms with Crippen molar-refractivity contribution in [2.75, 3.05) is 0 Å². The largest absolute Gasteiger partial charge is 0.370 e. The predicted octanol–water partition coefficient (Wildman–Crippen LogP) is 4.99. The second-order valence-electron chi connectivity index (χ2n) is 11.4. The third-order valence-corrected chi connectivity index (χ3v) is 9.21. The number of primary amides is 1. The van der Waals surface area contributed by atoms with E-state index in [0.717, 1.165) is 18.0 Å². The first kappa shape index (κ1) is 21.6. The molecule has 0 radical (unpaired) electrons. The molecule has 0 spiro atoms. The van der Waals surface area contributed by atoms with E-state index in [0.29, 0.717) is 23.7 Å². The van der Waals surface area contributed by atoms with E-state index in [-0.39, 0.29) is 35.6 Å². The Balaban J connectivity index is 1.80. The van der Waals surface area contributed by atoms with Crippen LogP contribution in [0.15, 0.2) is 23.4 Å². The number of fused-ring (bicyclic) bond motifs is 5. The lowest BCUT2D eigenvalue weighted by atomic mass is 9.49. The Morgan fingerprint density at radius 3 is 2.57 bits per heavy atom. The fourth-order valence-electron chi connectivity index (χ4n) is 7.77. The Bertz CT molecular complexity index is 797. The van der Waals surface area contributed by atoms with Crippen LogP contribution in [0, 0.1) is 28.6 Å². The maximum Gasteiger partial charge on any atom is 0.219 e. The molecule has 0 saturated heterocycles.